The molecule has 0 aliphatic carbocycles. The van der Waals surface area contributed by atoms with Crippen LogP contribution in [-0.4, -0.2) is 25.3 Å². The molecule has 29 heavy (non-hydrogen) atoms. The predicted octanol–water partition coefficient (Wildman–Crippen LogP) is 4.11. The Balaban J connectivity index is 1.44. The van der Waals surface area contributed by atoms with E-state index in [2.05, 4.69) is 20.3 Å². The van der Waals surface area contributed by atoms with E-state index in [1.807, 2.05) is 11.4 Å². The van der Waals surface area contributed by atoms with Gasteiger partial charge in [0.25, 0.3) is 5.91 Å². The van der Waals surface area contributed by atoms with Crippen molar-refractivity contribution in [3.05, 3.63) is 68.9 Å². The van der Waals surface area contributed by atoms with Crippen LogP contribution in [0.1, 0.15) is 16.2 Å². The number of aromatic amines is 1. The summed E-state index contributed by atoms with van der Waals surface area (Å²) in [5.74, 6) is -0.821. The molecule has 5 rings (SSSR count). The molecule has 0 aliphatic rings. The number of hydrogen-bond donors (Lipinski definition) is 2. The van der Waals surface area contributed by atoms with Crippen LogP contribution in [0.5, 0.6) is 0 Å². The zero-order valence-corrected chi connectivity index (χ0v) is 16.5. The van der Waals surface area contributed by atoms with Gasteiger partial charge in [-0.3, -0.25) is 19.5 Å². The molecule has 2 N–H and O–H groups in total. The highest BCUT2D eigenvalue weighted by atomic mass is 35.5. The smallest absolute Gasteiger partial charge is 0.408 e. The summed E-state index contributed by atoms with van der Waals surface area (Å²) >= 11 is 7.30. The Morgan fingerprint density at radius 2 is 2.14 bits per heavy atom. The molecule has 0 atom stereocenters. The number of imidazole rings is 1. The number of aryl methyl sites for hydroxylation is 1. The van der Waals surface area contributed by atoms with E-state index in [1.54, 1.807) is 41.8 Å². The number of fused-ring (bicyclic) bond motifs is 2. The molecule has 0 bridgehead atoms. The zero-order chi connectivity index (χ0) is 20.1. The van der Waals surface area contributed by atoms with Gasteiger partial charge in [0.15, 0.2) is 10.7 Å². The van der Waals surface area contributed by atoms with Crippen LogP contribution in [0, 0.1) is 6.92 Å². The number of carbonyl (C=O) groups is 1. The number of benzene rings is 1. The summed E-state index contributed by atoms with van der Waals surface area (Å²) < 4.78 is 6.78. The second-order valence-corrected chi connectivity index (χ2v) is 7.63. The number of rotatable bonds is 3. The van der Waals surface area contributed by atoms with Crippen molar-refractivity contribution in [1.82, 2.24) is 19.4 Å². The molecule has 0 fully saturated rings. The van der Waals surface area contributed by atoms with Crippen LogP contribution in [0.15, 0.2) is 51.1 Å². The standard InChI is InChI=1S/C19H12ClN5O3S/c1-9-16(25-5-4-11(20)7-15(25)21-9)17(26)24-18-22-13(8-29-18)10-2-3-12-14(6-10)28-19(27)23-12/h2-8H,1H3,(H,23,27)(H,22,24,26). The first-order valence-electron chi connectivity index (χ1n) is 8.52. The topological polar surface area (TPSA) is 105 Å². The van der Waals surface area contributed by atoms with Gasteiger partial charge in [0.2, 0.25) is 0 Å². The van der Waals surface area contributed by atoms with Gasteiger partial charge >= 0.3 is 5.76 Å². The molecule has 0 aliphatic heterocycles. The van der Waals surface area contributed by atoms with E-state index in [0.717, 1.165) is 5.56 Å². The van der Waals surface area contributed by atoms with E-state index in [4.69, 9.17) is 16.0 Å². The van der Waals surface area contributed by atoms with Gasteiger partial charge in [-0.2, -0.15) is 0 Å². The second-order valence-electron chi connectivity index (χ2n) is 6.34. The van der Waals surface area contributed by atoms with E-state index in [9.17, 15) is 9.59 Å². The number of nitrogens with zero attached hydrogens (tertiary/aromatic N) is 3. The molecule has 4 aromatic heterocycles. The van der Waals surface area contributed by atoms with Crippen LogP contribution in [0.3, 0.4) is 0 Å². The maximum Gasteiger partial charge on any atom is 0.417 e. The van der Waals surface area contributed by atoms with E-state index < -0.39 is 5.76 Å². The van der Waals surface area contributed by atoms with Crippen LogP contribution >= 0.6 is 22.9 Å². The summed E-state index contributed by atoms with van der Waals surface area (Å²) in [5, 5.41) is 5.64. The largest absolute Gasteiger partial charge is 0.417 e. The van der Waals surface area contributed by atoms with E-state index >= 15 is 0 Å². The van der Waals surface area contributed by atoms with Crippen LogP contribution in [0.2, 0.25) is 5.02 Å². The Hall–Kier alpha value is -3.43. The highest BCUT2D eigenvalue weighted by molar-refractivity contribution is 7.14. The zero-order valence-electron chi connectivity index (χ0n) is 14.9. The third kappa shape index (κ3) is 3.10. The van der Waals surface area contributed by atoms with Gasteiger partial charge in [0.05, 0.1) is 16.9 Å². The maximum atomic E-state index is 12.8. The molecular formula is C19H12ClN5O3S. The average molecular weight is 426 g/mol. The Kier molecular flexibility index (Phi) is 4.00. The molecule has 0 saturated heterocycles. The Morgan fingerprint density at radius 1 is 1.28 bits per heavy atom. The molecule has 0 unspecified atom stereocenters. The Labute approximate surface area is 171 Å². The SMILES string of the molecule is Cc1nc2cc(Cl)ccn2c1C(=O)Nc1nc(-c2ccc3[nH]c(=O)oc3c2)cs1. The molecular weight excluding hydrogens is 414 g/mol. The maximum absolute atomic E-state index is 12.8. The number of nitrogens with one attached hydrogen (secondary N) is 2. The number of aromatic nitrogens is 4. The number of amides is 1. The lowest BCUT2D eigenvalue weighted by molar-refractivity contribution is 0.102. The van der Waals surface area contributed by atoms with Crippen LogP contribution < -0.4 is 11.1 Å². The molecule has 0 saturated carbocycles. The number of carbonyl (C=O) groups excluding carboxylic acids is 1. The number of halogens is 1. The van der Waals surface area contributed by atoms with E-state index in [1.165, 1.54) is 11.3 Å². The highest BCUT2D eigenvalue weighted by Crippen LogP contribution is 2.27. The Morgan fingerprint density at radius 3 is 3.00 bits per heavy atom. The van der Waals surface area contributed by atoms with Gasteiger partial charge in [-0.1, -0.05) is 17.7 Å². The van der Waals surface area contributed by atoms with Gasteiger partial charge in [-0.25, -0.2) is 14.8 Å². The van der Waals surface area contributed by atoms with Gasteiger partial charge in [0, 0.05) is 28.2 Å². The number of pyridine rings is 1. The normalized spacial score (nSPS) is 11.4. The van der Waals surface area contributed by atoms with E-state index in [0.29, 0.717) is 44.0 Å². The van der Waals surface area contributed by atoms with Crippen LogP contribution in [-0.2, 0) is 0 Å². The molecule has 0 spiro atoms. The molecule has 1 amide bonds. The molecule has 8 nitrogen and oxygen atoms in total. The molecule has 4 heterocycles. The number of anilines is 1. The van der Waals surface area contributed by atoms with E-state index in [-0.39, 0.29) is 5.91 Å². The lowest BCUT2D eigenvalue weighted by atomic mass is 10.1. The van der Waals surface area contributed by atoms with Gasteiger partial charge in [-0.05, 0) is 25.1 Å². The van der Waals surface area contributed by atoms with Crippen LogP contribution in [0.4, 0.5) is 5.13 Å². The van der Waals surface area contributed by atoms with Crippen molar-refractivity contribution in [2.45, 2.75) is 6.92 Å². The van der Waals surface area contributed by atoms with Gasteiger partial charge in [-0.15, -0.1) is 11.3 Å². The number of oxazole rings is 1. The third-order valence-corrected chi connectivity index (χ3v) is 5.41. The van der Waals surface area contributed by atoms with Crippen molar-refractivity contribution >= 4 is 50.7 Å². The number of thiazole rings is 1. The number of H-pyrrole nitrogens is 1. The fraction of sp³-hybridized carbons (Fsp3) is 0.0526. The fourth-order valence-electron chi connectivity index (χ4n) is 3.14. The molecule has 144 valence electrons. The quantitative estimate of drug-likeness (QED) is 0.452. The van der Waals surface area contributed by atoms with Crippen molar-refractivity contribution in [3.8, 4) is 11.3 Å². The van der Waals surface area contributed by atoms with Gasteiger partial charge in [0.1, 0.15) is 11.3 Å². The minimum Gasteiger partial charge on any atom is -0.408 e. The summed E-state index contributed by atoms with van der Waals surface area (Å²) in [6.07, 6.45) is 1.71. The monoisotopic (exact) mass is 425 g/mol. The Bertz CT molecular complexity index is 1460. The first kappa shape index (κ1) is 17.7. The highest BCUT2D eigenvalue weighted by Gasteiger charge is 2.18. The first-order chi connectivity index (χ1) is 14.0. The fourth-order valence-corrected chi connectivity index (χ4v) is 4.00. The molecule has 0 radical (unpaired) electrons. The van der Waals surface area contributed by atoms with Crippen molar-refractivity contribution in [2.75, 3.05) is 5.32 Å². The average Bonchev–Trinajstić information content (AvgIpc) is 3.36. The molecule has 10 heteroatoms. The summed E-state index contributed by atoms with van der Waals surface area (Å²) in [6.45, 7) is 1.77. The lowest BCUT2D eigenvalue weighted by Crippen LogP contribution is -2.15. The summed E-state index contributed by atoms with van der Waals surface area (Å²) in [5.41, 5.74) is 4.12. The second kappa shape index (κ2) is 6.57. The minimum absolute atomic E-state index is 0.315. The third-order valence-electron chi connectivity index (χ3n) is 4.42. The molecule has 1 aromatic carbocycles. The van der Waals surface area contributed by atoms with Crippen molar-refractivity contribution < 1.29 is 9.21 Å². The molecule has 5 aromatic rings. The minimum atomic E-state index is -0.506. The van der Waals surface area contributed by atoms with Crippen molar-refractivity contribution in [3.63, 3.8) is 0 Å². The van der Waals surface area contributed by atoms with Gasteiger partial charge < -0.3 is 4.42 Å². The number of hydrogen-bond acceptors (Lipinski definition) is 6. The summed E-state index contributed by atoms with van der Waals surface area (Å²) in [4.78, 5) is 35.6. The lowest BCUT2D eigenvalue weighted by Gasteiger charge is -2.03. The first-order valence-corrected chi connectivity index (χ1v) is 9.78. The summed E-state index contributed by atoms with van der Waals surface area (Å²) in [6, 6.07) is 8.70. The van der Waals surface area contributed by atoms with Crippen LogP contribution in [0.25, 0.3) is 28.0 Å². The van der Waals surface area contributed by atoms with Crippen molar-refractivity contribution in [2.24, 2.45) is 0 Å². The van der Waals surface area contributed by atoms with Crippen molar-refractivity contribution in [1.29, 1.82) is 0 Å². The summed E-state index contributed by atoms with van der Waals surface area (Å²) in [7, 11) is 0. The predicted molar refractivity (Wildman–Crippen MR) is 111 cm³/mol.